The highest BCUT2D eigenvalue weighted by Crippen LogP contribution is 2.12. The molecule has 1 rings (SSSR count). The first-order valence-electron chi connectivity index (χ1n) is 6.55. The van der Waals surface area contributed by atoms with Crippen LogP contribution in [0.2, 0.25) is 5.02 Å². The minimum Gasteiger partial charge on any atom is -0.310 e. The summed E-state index contributed by atoms with van der Waals surface area (Å²) in [6.07, 6.45) is 0.687. The zero-order valence-electron chi connectivity index (χ0n) is 12.4. The molecule has 0 saturated carbocycles. The van der Waals surface area contributed by atoms with Crippen molar-refractivity contribution in [3.8, 4) is 0 Å². The highest BCUT2D eigenvalue weighted by Gasteiger charge is 2.11. The number of benzene rings is 1. The van der Waals surface area contributed by atoms with Crippen LogP contribution in [0.5, 0.6) is 0 Å². The molecule has 0 aliphatic rings. The first-order valence-corrected chi connectivity index (χ1v) is 6.93. The van der Waals surface area contributed by atoms with Crippen molar-refractivity contribution in [1.29, 1.82) is 0 Å². The molecule has 0 saturated heterocycles. The number of carbonyl (C=O) groups is 1. The van der Waals surface area contributed by atoms with Crippen LogP contribution in [-0.2, 0) is 11.2 Å². The molecule has 0 aliphatic carbocycles. The molecule has 0 heterocycles. The van der Waals surface area contributed by atoms with E-state index in [1.165, 1.54) is 0 Å². The first-order chi connectivity index (χ1) is 8.63. The normalized spacial score (nSPS) is 10.4. The van der Waals surface area contributed by atoms with E-state index >= 15 is 0 Å². The highest BCUT2D eigenvalue weighted by molar-refractivity contribution is 6.30. The van der Waals surface area contributed by atoms with Gasteiger partial charge in [0.25, 0.3) is 0 Å². The van der Waals surface area contributed by atoms with Crippen LogP contribution in [0.15, 0.2) is 24.3 Å². The molecule has 0 amide bonds. The summed E-state index contributed by atoms with van der Waals surface area (Å²) in [5.74, 6) is 0.146. The Bertz CT molecular complexity index is 326. The largest absolute Gasteiger partial charge is 0.310 e. The number of ketones is 1. The summed E-state index contributed by atoms with van der Waals surface area (Å²) < 4.78 is 0. The van der Waals surface area contributed by atoms with Crippen LogP contribution in [0, 0.1) is 0 Å². The molecule has 1 unspecified atom stereocenters. The molecular formula is C15H26ClNO. The van der Waals surface area contributed by atoms with Gasteiger partial charge in [-0.05, 0) is 38.1 Å². The van der Waals surface area contributed by atoms with Crippen LogP contribution < -0.4 is 5.32 Å². The molecule has 0 fully saturated rings. The van der Waals surface area contributed by atoms with Crippen LogP contribution in [0.25, 0.3) is 0 Å². The fourth-order valence-electron chi connectivity index (χ4n) is 1.35. The number of rotatable bonds is 4. The van der Waals surface area contributed by atoms with Crippen molar-refractivity contribution in [3.05, 3.63) is 34.9 Å². The predicted molar refractivity (Wildman–Crippen MR) is 81.4 cm³/mol. The van der Waals surface area contributed by atoms with Gasteiger partial charge >= 0.3 is 0 Å². The molecule has 0 aromatic heterocycles. The van der Waals surface area contributed by atoms with Crippen molar-refractivity contribution in [1.82, 2.24) is 5.32 Å². The van der Waals surface area contributed by atoms with E-state index in [9.17, 15) is 4.79 Å². The second-order valence-electron chi connectivity index (χ2n) is 3.29. The Morgan fingerprint density at radius 2 is 1.83 bits per heavy atom. The van der Waals surface area contributed by atoms with Crippen molar-refractivity contribution in [3.63, 3.8) is 0 Å². The lowest BCUT2D eigenvalue weighted by atomic mass is 10.0. The Balaban J connectivity index is 0. The monoisotopic (exact) mass is 271 g/mol. The van der Waals surface area contributed by atoms with Gasteiger partial charge in [0.15, 0.2) is 0 Å². The van der Waals surface area contributed by atoms with Gasteiger partial charge in [0.2, 0.25) is 0 Å². The van der Waals surface area contributed by atoms with Gasteiger partial charge in [0, 0.05) is 5.02 Å². The molecule has 0 aliphatic heterocycles. The maximum Gasteiger partial charge on any atom is 0.147 e. The van der Waals surface area contributed by atoms with E-state index in [2.05, 4.69) is 5.32 Å². The summed E-state index contributed by atoms with van der Waals surface area (Å²) in [7, 11) is 1.79. The van der Waals surface area contributed by atoms with Crippen molar-refractivity contribution in [2.75, 3.05) is 7.05 Å². The minimum absolute atomic E-state index is 0.117. The maximum atomic E-state index is 11.2. The number of halogens is 1. The number of hydrogen-bond donors (Lipinski definition) is 1. The van der Waals surface area contributed by atoms with Crippen LogP contribution in [0.1, 0.15) is 40.2 Å². The summed E-state index contributed by atoms with van der Waals surface area (Å²) in [6.45, 7) is 9.59. The number of hydrogen-bond acceptors (Lipinski definition) is 2. The van der Waals surface area contributed by atoms with E-state index in [4.69, 9.17) is 11.6 Å². The Kier molecular flexibility index (Phi) is 13.6. The molecule has 1 atom stereocenters. The number of carbonyl (C=O) groups excluding carboxylic acids is 1. The lowest BCUT2D eigenvalue weighted by molar-refractivity contribution is -0.118. The van der Waals surface area contributed by atoms with Gasteiger partial charge in [-0.15, -0.1) is 0 Å². The topological polar surface area (TPSA) is 29.1 Å². The lowest BCUT2D eigenvalue weighted by Crippen LogP contribution is -2.34. The summed E-state index contributed by atoms with van der Waals surface area (Å²) in [4.78, 5) is 11.2. The van der Waals surface area contributed by atoms with Crippen LogP contribution in [0.4, 0.5) is 0 Å². The third kappa shape index (κ3) is 8.26. The van der Waals surface area contributed by atoms with Gasteiger partial charge in [-0.3, -0.25) is 4.79 Å². The smallest absolute Gasteiger partial charge is 0.147 e. The van der Waals surface area contributed by atoms with E-state index in [0.717, 1.165) is 5.56 Å². The fraction of sp³-hybridized carbons (Fsp3) is 0.533. The molecule has 2 nitrogen and oxygen atoms in total. The van der Waals surface area contributed by atoms with E-state index in [1.54, 1.807) is 14.0 Å². The predicted octanol–water partition coefficient (Wildman–Crippen LogP) is 4.11. The standard InChI is InChI=1S/C11H14ClNO.2C2H6/c1-8(14)11(13-2)7-9-4-3-5-10(12)6-9;2*1-2/h3-6,11,13H,7H2,1-2H3;2*1-2H3. The van der Waals surface area contributed by atoms with E-state index in [-0.39, 0.29) is 11.8 Å². The molecule has 0 spiro atoms. The average molecular weight is 272 g/mol. The third-order valence-corrected chi connectivity index (χ3v) is 2.40. The lowest BCUT2D eigenvalue weighted by Gasteiger charge is -2.12. The highest BCUT2D eigenvalue weighted by atomic mass is 35.5. The molecule has 3 heteroatoms. The molecule has 0 radical (unpaired) electrons. The van der Waals surface area contributed by atoms with E-state index < -0.39 is 0 Å². The Hall–Kier alpha value is -0.860. The van der Waals surface area contributed by atoms with Gasteiger partial charge < -0.3 is 5.32 Å². The van der Waals surface area contributed by atoms with Gasteiger partial charge in [-0.25, -0.2) is 0 Å². The van der Waals surface area contributed by atoms with Crippen molar-refractivity contribution in [2.45, 2.75) is 47.1 Å². The molecule has 18 heavy (non-hydrogen) atoms. The summed E-state index contributed by atoms with van der Waals surface area (Å²) in [5.41, 5.74) is 1.08. The van der Waals surface area contributed by atoms with E-state index in [1.807, 2.05) is 52.0 Å². The second-order valence-corrected chi connectivity index (χ2v) is 3.72. The summed E-state index contributed by atoms with van der Waals surface area (Å²) in [6, 6.07) is 7.46. The maximum absolute atomic E-state index is 11.2. The van der Waals surface area contributed by atoms with Crippen molar-refractivity contribution >= 4 is 17.4 Å². The summed E-state index contributed by atoms with van der Waals surface area (Å²) in [5, 5.41) is 3.69. The zero-order valence-corrected chi connectivity index (χ0v) is 13.1. The molecule has 104 valence electrons. The summed E-state index contributed by atoms with van der Waals surface area (Å²) >= 11 is 5.85. The van der Waals surface area contributed by atoms with Gasteiger partial charge in [-0.1, -0.05) is 51.4 Å². The van der Waals surface area contributed by atoms with Crippen LogP contribution in [-0.4, -0.2) is 18.9 Å². The molecule has 1 aromatic carbocycles. The Morgan fingerprint density at radius 1 is 1.28 bits per heavy atom. The SMILES string of the molecule is CC.CC.CNC(Cc1cccc(Cl)c1)C(C)=O. The van der Waals surface area contributed by atoms with Crippen molar-refractivity contribution in [2.24, 2.45) is 0 Å². The quantitative estimate of drug-likeness (QED) is 0.893. The zero-order chi connectivity index (χ0) is 14.6. The first kappa shape index (κ1) is 19.5. The van der Waals surface area contributed by atoms with Gasteiger partial charge in [-0.2, -0.15) is 0 Å². The molecule has 1 N–H and O–H groups in total. The number of nitrogens with one attached hydrogen (secondary N) is 1. The van der Waals surface area contributed by atoms with Gasteiger partial charge in [0.1, 0.15) is 5.78 Å². The Labute approximate surface area is 117 Å². The second kappa shape index (κ2) is 12.6. The molecular weight excluding hydrogens is 246 g/mol. The number of likely N-dealkylation sites (N-methyl/N-ethyl adjacent to an activating group) is 1. The Morgan fingerprint density at radius 3 is 2.22 bits per heavy atom. The number of Topliss-reactive ketones (excluding diaryl/α,β-unsaturated/α-hetero) is 1. The van der Waals surface area contributed by atoms with Crippen LogP contribution >= 0.6 is 11.6 Å². The van der Waals surface area contributed by atoms with Crippen molar-refractivity contribution < 1.29 is 4.79 Å². The minimum atomic E-state index is -0.117. The average Bonchev–Trinajstić information content (AvgIpc) is 2.40. The molecule has 0 bridgehead atoms. The van der Waals surface area contributed by atoms with E-state index in [0.29, 0.717) is 11.4 Å². The van der Waals surface area contributed by atoms with Gasteiger partial charge in [0.05, 0.1) is 6.04 Å². The fourth-order valence-corrected chi connectivity index (χ4v) is 1.56. The third-order valence-electron chi connectivity index (χ3n) is 2.17. The molecule has 1 aromatic rings. The van der Waals surface area contributed by atoms with Crippen LogP contribution in [0.3, 0.4) is 0 Å².